The minimum absolute atomic E-state index is 0.0728. The van der Waals surface area contributed by atoms with Gasteiger partial charge in [0.05, 0.1) is 25.5 Å². The number of rotatable bonds is 1. The maximum Gasteiger partial charge on any atom is 0.410 e. The number of aryl methyl sites for hydroxylation is 1. The van der Waals surface area contributed by atoms with Gasteiger partial charge in [-0.25, -0.2) is 4.79 Å². The molecule has 0 radical (unpaired) electrons. The van der Waals surface area contributed by atoms with Crippen LogP contribution in [0.5, 0.6) is 0 Å². The van der Waals surface area contributed by atoms with E-state index in [9.17, 15) is 9.59 Å². The van der Waals surface area contributed by atoms with Crippen LogP contribution in [0.2, 0.25) is 0 Å². The van der Waals surface area contributed by atoms with Crippen molar-refractivity contribution < 1.29 is 19.1 Å². The lowest BCUT2D eigenvalue weighted by atomic mass is 10.2. The van der Waals surface area contributed by atoms with E-state index >= 15 is 0 Å². The van der Waals surface area contributed by atoms with Crippen LogP contribution in [0.25, 0.3) is 0 Å². The minimum atomic E-state index is -0.531. The van der Waals surface area contributed by atoms with Crippen molar-refractivity contribution in [3.05, 3.63) is 17.5 Å². The predicted molar refractivity (Wildman–Crippen MR) is 94.8 cm³/mol. The zero-order valence-electron chi connectivity index (χ0n) is 15.9. The first-order valence-electron chi connectivity index (χ1n) is 9.25. The van der Waals surface area contributed by atoms with Crippen LogP contribution in [-0.4, -0.2) is 70.0 Å². The van der Waals surface area contributed by atoms with Crippen molar-refractivity contribution in [3.8, 4) is 0 Å². The van der Waals surface area contributed by atoms with Gasteiger partial charge < -0.3 is 19.3 Å². The van der Waals surface area contributed by atoms with Crippen LogP contribution in [0, 0.1) is 0 Å². The summed E-state index contributed by atoms with van der Waals surface area (Å²) in [6, 6.07) is 1.81. The average molecular weight is 364 g/mol. The summed E-state index contributed by atoms with van der Waals surface area (Å²) in [6.07, 6.45) is 1.46. The molecule has 2 aliphatic rings. The highest BCUT2D eigenvalue weighted by Gasteiger charge is 2.27. The highest BCUT2D eigenvalue weighted by molar-refractivity contribution is 5.92. The molecule has 2 aliphatic heterocycles. The first-order chi connectivity index (χ1) is 12.3. The van der Waals surface area contributed by atoms with E-state index in [1.165, 1.54) is 0 Å². The standard InChI is InChI=1S/C18H28N4O4/c1-18(2,3)26-17(24)21-6-4-5-7-22-14(13-21)12-15(19-22)16(23)20-8-10-25-11-9-20/h12H,4-11,13H2,1-3H3. The Morgan fingerprint density at radius 3 is 2.46 bits per heavy atom. The van der Waals surface area contributed by atoms with Gasteiger partial charge in [0.1, 0.15) is 5.60 Å². The number of hydrogen-bond donors (Lipinski definition) is 0. The van der Waals surface area contributed by atoms with E-state index in [-0.39, 0.29) is 12.0 Å². The molecule has 0 aliphatic carbocycles. The van der Waals surface area contributed by atoms with E-state index in [2.05, 4.69) is 5.10 Å². The van der Waals surface area contributed by atoms with Gasteiger partial charge in [0.2, 0.25) is 0 Å². The molecular weight excluding hydrogens is 336 g/mol. The van der Waals surface area contributed by atoms with Gasteiger partial charge in [0, 0.05) is 26.2 Å². The minimum Gasteiger partial charge on any atom is -0.444 e. The molecule has 1 saturated heterocycles. The number of fused-ring (bicyclic) bond motifs is 1. The number of amides is 2. The molecule has 0 unspecified atom stereocenters. The van der Waals surface area contributed by atoms with Gasteiger partial charge in [0.25, 0.3) is 5.91 Å². The van der Waals surface area contributed by atoms with Crippen LogP contribution in [0.4, 0.5) is 4.79 Å². The van der Waals surface area contributed by atoms with E-state index < -0.39 is 5.60 Å². The molecule has 8 heteroatoms. The lowest BCUT2D eigenvalue weighted by Gasteiger charge is -2.28. The third-order valence-corrected chi connectivity index (χ3v) is 4.43. The number of morpholine rings is 1. The fourth-order valence-corrected chi connectivity index (χ4v) is 3.13. The Labute approximate surface area is 154 Å². The van der Waals surface area contributed by atoms with Crippen molar-refractivity contribution in [2.45, 2.75) is 52.3 Å². The molecule has 8 nitrogen and oxygen atoms in total. The zero-order valence-corrected chi connectivity index (χ0v) is 15.9. The molecule has 0 aromatic carbocycles. The molecule has 144 valence electrons. The van der Waals surface area contributed by atoms with Gasteiger partial charge in [0.15, 0.2) is 5.69 Å². The second-order valence-electron chi connectivity index (χ2n) is 7.76. The third kappa shape index (κ3) is 4.55. The maximum absolute atomic E-state index is 12.7. The van der Waals surface area contributed by atoms with Crippen molar-refractivity contribution in [2.75, 3.05) is 32.8 Å². The van der Waals surface area contributed by atoms with Gasteiger partial charge >= 0.3 is 6.09 Å². The number of nitrogens with zero attached hydrogens (tertiary/aromatic N) is 4. The van der Waals surface area contributed by atoms with Crippen molar-refractivity contribution >= 4 is 12.0 Å². The summed E-state index contributed by atoms with van der Waals surface area (Å²) in [5, 5.41) is 4.50. The lowest BCUT2D eigenvalue weighted by Crippen LogP contribution is -2.40. The van der Waals surface area contributed by atoms with Crippen LogP contribution in [0.1, 0.15) is 49.8 Å². The second kappa shape index (κ2) is 7.65. The van der Waals surface area contributed by atoms with E-state index in [1.807, 2.05) is 25.5 Å². The summed E-state index contributed by atoms with van der Waals surface area (Å²) in [4.78, 5) is 28.6. The predicted octanol–water partition coefficient (Wildman–Crippen LogP) is 1.89. The fourth-order valence-electron chi connectivity index (χ4n) is 3.13. The molecule has 0 spiro atoms. The van der Waals surface area contributed by atoms with E-state index in [1.54, 1.807) is 15.9 Å². The molecule has 0 atom stereocenters. The third-order valence-electron chi connectivity index (χ3n) is 4.43. The smallest absolute Gasteiger partial charge is 0.410 e. The number of carbonyl (C=O) groups excluding carboxylic acids is 2. The molecular formula is C18H28N4O4. The molecule has 1 fully saturated rings. The first-order valence-corrected chi connectivity index (χ1v) is 9.25. The molecule has 3 heterocycles. The molecule has 0 bridgehead atoms. The van der Waals surface area contributed by atoms with Gasteiger partial charge in [-0.15, -0.1) is 0 Å². The largest absolute Gasteiger partial charge is 0.444 e. The Bertz CT molecular complexity index is 659. The lowest BCUT2D eigenvalue weighted by molar-refractivity contribution is 0.0218. The number of hydrogen-bond acceptors (Lipinski definition) is 5. The topological polar surface area (TPSA) is 76.9 Å². The number of carbonyl (C=O) groups is 2. The Morgan fingerprint density at radius 1 is 1.08 bits per heavy atom. The molecule has 3 rings (SSSR count). The quantitative estimate of drug-likeness (QED) is 0.760. The van der Waals surface area contributed by atoms with Gasteiger partial charge in [-0.05, 0) is 39.7 Å². The van der Waals surface area contributed by atoms with E-state index in [4.69, 9.17) is 9.47 Å². The fraction of sp³-hybridized carbons (Fsp3) is 0.722. The van der Waals surface area contributed by atoms with Gasteiger partial charge in [-0.2, -0.15) is 5.10 Å². The molecule has 1 aromatic heterocycles. The van der Waals surface area contributed by atoms with Gasteiger partial charge in [-0.3, -0.25) is 9.48 Å². The average Bonchev–Trinajstić information content (AvgIpc) is 2.95. The van der Waals surface area contributed by atoms with Crippen LogP contribution in [-0.2, 0) is 22.6 Å². The Kier molecular flexibility index (Phi) is 5.50. The first kappa shape index (κ1) is 18.7. The van der Waals surface area contributed by atoms with Crippen LogP contribution in [0.3, 0.4) is 0 Å². The highest BCUT2D eigenvalue weighted by atomic mass is 16.6. The molecule has 1 aromatic rings. The van der Waals surface area contributed by atoms with Crippen molar-refractivity contribution in [1.82, 2.24) is 19.6 Å². The summed E-state index contributed by atoms with van der Waals surface area (Å²) >= 11 is 0. The molecule has 0 saturated carbocycles. The summed E-state index contributed by atoms with van der Waals surface area (Å²) < 4.78 is 12.7. The SMILES string of the molecule is CC(C)(C)OC(=O)N1CCCCn2nc(C(=O)N3CCOCC3)cc2C1. The second-order valence-corrected chi connectivity index (χ2v) is 7.76. The highest BCUT2D eigenvalue weighted by Crippen LogP contribution is 2.18. The molecule has 26 heavy (non-hydrogen) atoms. The van der Waals surface area contributed by atoms with Crippen LogP contribution < -0.4 is 0 Å². The monoisotopic (exact) mass is 364 g/mol. The van der Waals surface area contributed by atoms with E-state index in [0.29, 0.717) is 45.1 Å². The Balaban J connectivity index is 1.75. The summed E-state index contributed by atoms with van der Waals surface area (Å²) in [5.74, 6) is -0.0728. The summed E-state index contributed by atoms with van der Waals surface area (Å²) in [5.41, 5.74) is 0.775. The number of ether oxygens (including phenoxy) is 2. The van der Waals surface area contributed by atoms with Crippen molar-refractivity contribution in [3.63, 3.8) is 0 Å². The normalized spacial score (nSPS) is 18.7. The van der Waals surface area contributed by atoms with E-state index in [0.717, 1.165) is 25.1 Å². The molecule has 0 N–H and O–H groups in total. The number of aromatic nitrogens is 2. The maximum atomic E-state index is 12.7. The van der Waals surface area contributed by atoms with Gasteiger partial charge in [-0.1, -0.05) is 0 Å². The molecule has 2 amide bonds. The zero-order chi connectivity index (χ0) is 18.7. The Hall–Kier alpha value is -2.09. The summed E-state index contributed by atoms with van der Waals surface area (Å²) in [7, 11) is 0. The summed E-state index contributed by atoms with van der Waals surface area (Å²) in [6.45, 7) is 9.68. The van der Waals surface area contributed by atoms with Crippen LogP contribution in [0.15, 0.2) is 6.07 Å². The van der Waals surface area contributed by atoms with Crippen LogP contribution >= 0.6 is 0 Å². The van der Waals surface area contributed by atoms with Crippen molar-refractivity contribution in [2.24, 2.45) is 0 Å². The Morgan fingerprint density at radius 2 is 1.77 bits per heavy atom. The van der Waals surface area contributed by atoms with Crippen molar-refractivity contribution in [1.29, 1.82) is 0 Å².